The lowest BCUT2D eigenvalue weighted by Gasteiger charge is -2.20. The minimum atomic E-state index is -0.110. The van der Waals surface area contributed by atoms with Crippen molar-refractivity contribution in [1.82, 2.24) is 4.90 Å². The van der Waals surface area contributed by atoms with E-state index in [1.807, 2.05) is 53.4 Å². The summed E-state index contributed by atoms with van der Waals surface area (Å²) in [5, 5.41) is 5.95. The molecule has 0 unspecified atom stereocenters. The van der Waals surface area contributed by atoms with Crippen molar-refractivity contribution < 1.29 is 9.59 Å². The molecule has 0 bridgehead atoms. The van der Waals surface area contributed by atoms with Gasteiger partial charge in [-0.2, -0.15) is 0 Å². The largest absolute Gasteiger partial charge is 0.376 e. The first-order valence-corrected chi connectivity index (χ1v) is 10.4. The van der Waals surface area contributed by atoms with E-state index in [1.54, 1.807) is 0 Å². The molecule has 1 heterocycles. The third kappa shape index (κ3) is 5.95. The average molecular weight is 477 g/mol. The van der Waals surface area contributed by atoms with Crippen molar-refractivity contribution in [3.8, 4) is 0 Å². The first-order chi connectivity index (χ1) is 13.1. The molecular formula is C21H24IN3O2. The molecule has 0 saturated carbocycles. The van der Waals surface area contributed by atoms with Crippen molar-refractivity contribution >= 4 is 45.8 Å². The van der Waals surface area contributed by atoms with Crippen molar-refractivity contribution in [2.24, 2.45) is 0 Å². The zero-order valence-electron chi connectivity index (χ0n) is 15.2. The molecule has 0 aliphatic carbocycles. The summed E-state index contributed by atoms with van der Waals surface area (Å²) in [6, 6.07) is 15.0. The topological polar surface area (TPSA) is 61.4 Å². The number of nitrogens with one attached hydrogen (secondary N) is 2. The summed E-state index contributed by atoms with van der Waals surface area (Å²) in [5.41, 5.74) is 2.30. The fourth-order valence-corrected chi connectivity index (χ4v) is 3.47. The van der Waals surface area contributed by atoms with Crippen LogP contribution >= 0.6 is 22.6 Å². The SMILES string of the molecule is O=C(CNc1ccc(C(=O)N2CCCCCC2)cc1)Nc1ccc(I)cc1. The second-order valence-electron chi connectivity index (χ2n) is 6.69. The molecule has 0 aromatic heterocycles. The van der Waals surface area contributed by atoms with Crippen LogP contribution < -0.4 is 10.6 Å². The van der Waals surface area contributed by atoms with E-state index in [-0.39, 0.29) is 18.4 Å². The highest BCUT2D eigenvalue weighted by Crippen LogP contribution is 2.16. The summed E-state index contributed by atoms with van der Waals surface area (Å²) in [5.74, 6) is -0.0131. The monoisotopic (exact) mass is 477 g/mol. The Morgan fingerprint density at radius 3 is 2.07 bits per heavy atom. The number of likely N-dealkylation sites (tertiary alicyclic amines) is 1. The number of hydrogen-bond acceptors (Lipinski definition) is 3. The number of hydrogen-bond donors (Lipinski definition) is 2. The lowest BCUT2D eigenvalue weighted by molar-refractivity contribution is -0.114. The van der Waals surface area contributed by atoms with Gasteiger partial charge in [-0.15, -0.1) is 0 Å². The molecule has 6 heteroatoms. The van der Waals surface area contributed by atoms with Gasteiger partial charge in [0.15, 0.2) is 0 Å². The molecule has 1 aliphatic rings. The first kappa shape index (κ1) is 19.7. The second-order valence-corrected chi connectivity index (χ2v) is 7.94. The summed E-state index contributed by atoms with van der Waals surface area (Å²) in [7, 11) is 0. The summed E-state index contributed by atoms with van der Waals surface area (Å²) >= 11 is 2.23. The van der Waals surface area contributed by atoms with Crippen LogP contribution in [0.4, 0.5) is 11.4 Å². The van der Waals surface area contributed by atoms with Gasteiger partial charge in [0.1, 0.15) is 0 Å². The lowest BCUT2D eigenvalue weighted by atomic mass is 10.1. The Morgan fingerprint density at radius 2 is 1.44 bits per heavy atom. The molecule has 2 aromatic carbocycles. The quantitative estimate of drug-likeness (QED) is 0.630. The van der Waals surface area contributed by atoms with Crippen LogP contribution in [0.25, 0.3) is 0 Å². The summed E-state index contributed by atoms with van der Waals surface area (Å²) in [6.07, 6.45) is 4.58. The number of carbonyl (C=O) groups excluding carboxylic acids is 2. The maximum Gasteiger partial charge on any atom is 0.253 e. The molecule has 2 N–H and O–H groups in total. The van der Waals surface area contributed by atoms with Gasteiger partial charge >= 0.3 is 0 Å². The maximum atomic E-state index is 12.6. The number of halogens is 1. The predicted molar refractivity (Wildman–Crippen MR) is 117 cm³/mol. The van der Waals surface area contributed by atoms with E-state index in [1.165, 1.54) is 12.8 Å². The van der Waals surface area contributed by atoms with Gasteiger partial charge in [-0.3, -0.25) is 9.59 Å². The fourth-order valence-electron chi connectivity index (χ4n) is 3.11. The highest BCUT2D eigenvalue weighted by Gasteiger charge is 2.17. The standard InChI is InChI=1S/C21H24IN3O2/c22-17-7-11-19(12-8-17)24-20(26)15-23-18-9-5-16(6-10-18)21(27)25-13-3-1-2-4-14-25/h5-12,23H,1-4,13-15H2,(H,24,26). The molecule has 1 fully saturated rings. The predicted octanol–water partition coefficient (Wildman–Crippen LogP) is 4.36. The Hall–Kier alpha value is -2.09. The van der Waals surface area contributed by atoms with E-state index >= 15 is 0 Å². The average Bonchev–Trinajstić information content (AvgIpc) is 2.97. The molecule has 3 rings (SSSR count). The van der Waals surface area contributed by atoms with E-state index in [0.29, 0.717) is 5.56 Å². The van der Waals surface area contributed by atoms with Crippen LogP contribution in [-0.4, -0.2) is 36.3 Å². The third-order valence-electron chi connectivity index (χ3n) is 4.61. The van der Waals surface area contributed by atoms with Gasteiger partial charge in [0.2, 0.25) is 5.91 Å². The number of benzene rings is 2. The molecule has 5 nitrogen and oxygen atoms in total. The maximum absolute atomic E-state index is 12.6. The van der Waals surface area contributed by atoms with E-state index in [9.17, 15) is 9.59 Å². The van der Waals surface area contributed by atoms with Crippen LogP contribution in [0, 0.1) is 3.57 Å². The number of amides is 2. The van der Waals surface area contributed by atoms with Gasteiger partial charge in [-0.05, 0) is 84.0 Å². The number of nitrogens with zero attached hydrogens (tertiary/aromatic N) is 1. The highest BCUT2D eigenvalue weighted by molar-refractivity contribution is 14.1. The van der Waals surface area contributed by atoms with Crippen LogP contribution in [0.1, 0.15) is 36.0 Å². The Labute approximate surface area is 173 Å². The first-order valence-electron chi connectivity index (χ1n) is 9.30. The van der Waals surface area contributed by atoms with Crippen molar-refractivity contribution in [1.29, 1.82) is 0 Å². The van der Waals surface area contributed by atoms with Gasteiger partial charge in [0.05, 0.1) is 6.54 Å². The lowest BCUT2D eigenvalue weighted by Crippen LogP contribution is -2.31. The smallest absolute Gasteiger partial charge is 0.253 e. The van der Waals surface area contributed by atoms with Crippen molar-refractivity contribution in [2.75, 3.05) is 30.3 Å². The second kappa shape index (κ2) is 9.73. The molecule has 2 aromatic rings. The van der Waals surface area contributed by atoms with E-state index < -0.39 is 0 Å². The summed E-state index contributed by atoms with van der Waals surface area (Å²) in [4.78, 5) is 26.6. The van der Waals surface area contributed by atoms with Gasteiger partial charge < -0.3 is 15.5 Å². The number of carbonyl (C=O) groups is 2. The molecule has 0 spiro atoms. The van der Waals surface area contributed by atoms with Crippen LogP contribution in [0.3, 0.4) is 0 Å². The number of rotatable bonds is 5. The Kier molecular flexibility index (Phi) is 7.09. The minimum absolute atomic E-state index is 0.0971. The third-order valence-corrected chi connectivity index (χ3v) is 5.33. The Bertz CT molecular complexity index is 767. The molecule has 0 radical (unpaired) electrons. The van der Waals surface area contributed by atoms with Crippen LogP contribution in [0.15, 0.2) is 48.5 Å². The van der Waals surface area contributed by atoms with Crippen molar-refractivity contribution in [3.05, 3.63) is 57.7 Å². The molecule has 27 heavy (non-hydrogen) atoms. The van der Waals surface area contributed by atoms with Gasteiger partial charge in [0, 0.05) is 33.6 Å². The summed E-state index contributed by atoms with van der Waals surface area (Å²) < 4.78 is 1.12. The van der Waals surface area contributed by atoms with Crippen molar-refractivity contribution in [3.63, 3.8) is 0 Å². The molecule has 1 aliphatic heterocycles. The van der Waals surface area contributed by atoms with Gasteiger partial charge in [-0.25, -0.2) is 0 Å². The normalized spacial score (nSPS) is 14.3. The van der Waals surface area contributed by atoms with Crippen LogP contribution in [0.5, 0.6) is 0 Å². The number of anilines is 2. The fraction of sp³-hybridized carbons (Fsp3) is 0.333. The zero-order valence-corrected chi connectivity index (χ0v) is 17.4. The molecular weight excluding hydrogens is 453 g/mol. The molecule has 2 amide bonds. The molecule has 0 atom stereocenters. The van der Waals surface area contributed by atoms with Gasteiger partial charge in [0.25, 0.3) is 5.91 Å². The minimum Gasteiger partial charge on any atom is -0.376 e. The van der Waals surface area contributed by atoms with Crippen LogP contribution in [0.2, 0.25) is 0 Å². The van der Waals surface area contributed by atoms with Gasteiger partial charge in [-0.1, -0.05) is 12.8 Å². The zero-order chi connectivity index (χ0) is 19.1. The molecule has 142 valence electrons. The van der Waals surface area contributed by atoms with Crippen molar-refractivity contribution in [2.45, 2.75) is 25.7 Å². The summed E-state index contributed by atoms with van der Waals surface area (Å²) in [6.45, 7) is 1.86. The Morgan fingerprint density at radius 1 is 0.852 bits per heavy atom. The van der Waals surface area contributed by atoms with E-state index in [2.05, 4.69) is 33.2 Å². The highest BCUT2D eigenvalue weighted by atomic mass is 127. The van der Waals surface area contributed by atoms with E-state index in [4.69, 9.17) is 0 Å². The van der Waals surface area contributed by atoms with Crippen LogP contribution in [-0.2, 0) is 4.79 Å². The Balaban J connectivity index is 1.50. The molecule has 1 saturated heterocycles. The van der Waals surface area contributed by atoms with E-state index in [0.717, 1.165) is 40.9 Å².